The fraction of sp³-hybridized carbons (Fsp3) is 0.267. The molecule has 1 aliphatic heterocycles. The van der Waals surface area contributed by atoms with Crippen molar-refractivity contribution < 1.29 is 28.2 Å². The summed E-state index contributed by atoms with van der Waals surface area (Å²) in [5.41, 5.74) is 3.22. The zero-order valence-corrected chi connectivity index (χ0v) is 22.2. The first-order valence-electron chi connectivity index (χ1n) is 12.6. The molecule has 39 heavy (non-hydrogen) atoms. The first kappa shape index (κ1) is 26.1. The van der Waals surface area contributed by atoms with Crippen LogP contribution in [0.3, 0.4) is 0 Å². The third kappa shape index (κ3) is 6.15. The number of benzene rings is 3. The Morgan fingerprint density at radius 3 is 2.59 bits per heavy atom. The van der Waals surface area contributed by atoms with Crippen LogP contribution in [-0.2, 0) is 19.6 Å². The summed E-state index contributed by atoms with van der Waals surface area (Å²) in [4.78, 5) is 19.5. The standard InChI is InChI=1S/C30H31N3O6/c1-20(22-8-5-4-6-9-22)31-30(34)24-18-37-28(32-24)17-33(15-21-12-13-25-27(14-21)39-19-38-25)16-23-10-7-11-26(35-2)29(23)36-3/h4-14,18,20H,15-17,19H2,1-3H3,(H,31,34)/t20-/m1/s1. The van der Waals surface area contributed by atoms with E-state index in [1.165, 1.54) is 6.26 Å². The van der Waals surface area contributed by atoms with Crippen molar-refractivity contribution in [2.45, 2.75) is 32.6 Å². The fourth-order valence-electron chi connectivity index (χ4n) is 4.56. The lowest BCUT2D eigenvalue weighted by Crippen LogP contribution is -2.27. The van der Waals surface area contributed by atoms with Crippen LogP contribution in [0.1, 0.15) is 46.0 Å². The largest absolute Gasteiger partial charge is 0.493 e. The van der Waals surface area contributed by atoms with E-state index >= 15 is 0 Å². The minimum atomic E-state index is -0.293. The SMILES string of the molecule is COc1cccc(CN(Cc2ccc3c(c2)OCO3)Cc2nc(C(=O)N[C@H](C)c3ccccc3)co2)c1OC. The molecule has 1 amide bonds. The van der Waals surface area contributed by atoms with E-state index in [4.69, 9.17) is 23.4 Å². The highest BCUT2D eigenvalue weighted by atomic mass is 16.7. The van der Waals surface area contributed by atoms with Crippen molar-refractivity contribution in [1.82, 2.24) is 15.2 Å². The van der Waals surface area contributed by atoms with Gasteiger partial charge < -0.3 is 28.7 Å². The van der Waals surface area contributed by atoms with Crippen LogP contribution in [-0.4, -0.2) is 36.8 Å². The molecule has 1 N–H and O–H groups in total. The molecule has 1 aliphatic rings. The molecule has 0 saturated heterocycles. The van der Waals surface area contributed by atoms with Crippen LogP contribution < -0.4 is 24.3 Å². The van der Waals surface area contributed by atoms with Crippen LogP contribution >= 0.6 is 0 Å². The average Bonchev–Trinajstić information content (AvgIpc) is 3.63. The number of methoxy groups -OCH3 is 2. The number of rotatable bonds is 11. The van der Waals surface area contributed by atoms with E-state index in [-0.39, 0.29) is 24.4 Å². The van der Waals surface area contributed by atoms with Gasteiger partial charge in [-0.1, -0.05) is 48.5 Å². The number of fused-ring (bicyclic) bond motifs is 1. The fourth-order valence-corrected chi connectivity index (χ4v) is 4.56. The molecule has 0 radical (unpaired) electrons. The molecule has 0 aliphatic carbocycles. The van der Waals surface area contributed by atoms with Crippen LogP contribution in [0.15, 0.2) is 77.4 Å². The predicted molar refractivity (Wildman–Crippen MR) is 144 cm³/mol. The van der Waals surface area contributed by atoms with Gasteiger partial charge >= 0.3 is 0 Å². The maximum absolute atomic E-state index is 12.9. The van der Waals surface area contributed by atoms with Gasteiger partial charge in [0.15, 0.2) is 28.7 Å². The second kappa shape index (κ2) is 11.9. The Labute approximate surface area is 227 Å². The number of nitrogens with zero attached hydrogens (tertiary/aromatic N) is 2. The summed E-state index contributed by atoms with van der Waals surface area (Å²) >= 11 is 0. The minimum Gasteiger partial charge on any atom is -0.493 e. The van der Waals surface area contributed by atoms with Gasteiger partial charge in [0.2, 0.25) is 12.7 Å². The molecule has 0 fully saturated rings. The third-order valence-electron chi connectivity index (χ3n) is 6.51. The molecule has 0 bridgehead atoms. The van der Waals surface area contributed by atoms with E-state index in [0.717, 1.165) is 22.4 Å². The number of aromatic nitrogens is 1. The Morgan fingerprint density at radius 2 is 1.79 bits per heavy atom. The van der Waals surface area contributed by atoms with Crippen molar-refractivity contribution >= 4 is 5.91 Å². The highest BCUT2D eigenvalue weighted by Gasteiger charge is 2.21. The number of amides is 1. The smallest absolute Gasteiger partial charge is 0.273 e. The zero-order valence-electron chi connectivity index (χ0n) is 22.2. The van der Waals surface area contributed by atoms with E-state index in [9.17, 15) is 4.79 Å². The van der Waals surface area contributed by atoms with Crippen LogP contribution in [0.25, 0.3) is 0 Å². The van der Waals surface area contributed by atoms with Gasteiger partial charge in [-0.2, -0.15) is 0 Å². The highest BCUT2D eigenvalue weighted by molar-refractivity contribution is 5.92. The Balaban J connectivity index is 1.34. The van der Waals surface area contributed by atoms with Crippen molar-refractivity contribution in [3.8, 4) is 23.0 Å². The van der Waals surface area contributed by atoms with Crippen LogP contribution in [0.2, 0.25) is 0 Å². The van der Waals surface area contributed by atoms with Crippen LogP contribution in [0, 0.1) is 0 Å². The van der Waals surface area contributed by atoms with E-state index in [0.29, 0.717) is 42.8 Å². The molecule has 202 valence electrons. The molecule has 0 unspecified atom stereocenters. The summed E-state index contributed by atoms with van der Waals surface area (Å²) in [5.74, 6) is 2.90. The first-order chi connectivity index (χ1) is 19.0. The molecule has 2 heterocycles. The van der Waals surface area contributed by atoms with Crippen molar-refractivity contribution in [2.75, 3.05) is 21.0 Å². The lowest BCUT2D eigenvalue weighted by molar-refractivity contribution is 0.0934. The topological polar surface area (TPSA) is 95.3 Å². The monoisotopic (exact) mass is 529 g/mol. The molecule has 9 heteroatoms. The van der Waals surface area contributed by atoms with Crippen molar-refractivity contribution in [3.63, 3.8) is 0 Å². The molecule has 1 aromatic heterocycles. The van der Waals surface area contributed by atoms with Crippen LogP contribution in [0.4, 0.5) is 0 Å². The number of hydrogen-bond donors (Lipinski definition) is 1. The van der Waals surface area contributed by atoms with Gasteiger partial charge in [0, 0.05) is 18.7 Å². The second-order valence-corrected chi connectivity index (χ2v) is 9.22. The summed E-state index contributed by atoms with van der Waals surface area (Å²) < 4.78 is 27.9. The lowest BCUT2D eigenvalue weighted by Gasteiger charge is -2.23. The second-order valence-electron chi connectivity index (χ2n) is 9.22. The van der Waals surface area contributed by atoms with Gasteiger partial charge in [-0.3, -0.25) is 9.69 Å². The third-order valence-corrected chi connectivity index (χ3v) is 6.51. The molecule has 4 aromatic rings. The van der Waals surface area contributed by atoms with Crippen molar-refractivity contribution in [3.05, 3.63) is 101 Å². The van der Waals surface area contributed by atoms with Gasteiger partial charge in [-0.15, -0.1) is 0 Å². The van der Waals surface area contributed by atoms with Gasteiger partial charge in [0.1, 0.15) is 6.26 Å². The molecule has 0 saturated carbocycles. The average molecular weight is 530 g/mol. The molecule has 3 aromatic carbocycles. The number of carbonyl (C=O) groups excluding carboxylic acids is 1. The van der Waals surface area contributed by atoms with Crippen molar-refractivity contribution in [2.24, 2.45) is 0 Å². The Kier molecular flexibility index (Phi) is 7.98. The molecule has 9 nitrogen and oxygen atoms in total. The normalized spacial score (nSPS) is 12.8. The lowest BCUT2D eigenvalue weighted by atomic mass is 10.1. The number of ether oxygens (including phenoxy) is 4. The van der Waals surface area contributed by atoms with Gasteiger partial charge in [-0.25, -0.2) is 4.98 Å². The van der Waals surface area contributed by atoms with E-state index in [1.807, 2.05) is 73.7 Å². The molecule has 5 rings (SSSR count). The first-order valence-corrected chi connectivity index (χ1v) is 12.6. The number of hydrogen-bond acceptors (Lipinski definition) is 8. The summed E-state index contributed by atoms with van der Waals surface area (Å²) in [6.45, 7) is 3.59. The molecule has 1 atom stereocenters. The van der Waals surface area contributed by atoms with E-state index in [1.54, 1.807) is 14.2 Å². The minimum absolute atomic E-state index is 0.165. The van der Waals surface area contributed by atoms with Gasteiger partial charge in [0.05, 0.1) is 26.8 Å². The highest BCUT2D eigenvalue weighted by Crippen LogP contribution is 2.34. The van der Waals surface area contributed by atoms with Crippen LogP contribution in [0.5, 0.6) is 23.0 Å². The Hall–Kier alpha value is -4.50. The molecule has 0 spiro atoms. The number of para-hydroxylation sites is 1. The molecular formula is C30H31N3O6. The molecular weight excluding hydrogens is 498 g/mol. The maximum Gasteiger partial charge on any atom is 0.273 e. The summed E-state index contributed by atoms with van der Waals surface area (Å²) in [6.07, 6.45) is 1.40. The summed E-state index contributed by atoms with van der Waals surface area (Å²) in [7, 11) is 3.24. The Morgan fingerprint density at radius 1 is 0.974 bits per heavy atom. The number of carbonyl (C=O) groups is 1. The number of oxazole rings is 1. The van der Waals surface area contributed by atoms with Gasteiger partial charge in [0.25, 0.3) is 5.91 Å². The predicted octanol–water partition coefficient (Wildman–Crippen LogP) is 5.11. The zero-order chi connectivity index (χ0) is 27.2. The van der Waals surface area contributed by atoms with Gasteiger partial charge in [-0.05, 0) is 36.2 Å². The van der Waals surface area contributed by atoms with E-state index in [2.05, 4.69) is 15.2 Å². The summed E-state index contributed by atoms with van der Waals surface area (Å²) in [5, 5.41) is 2.98. The van der Waals surface area contributed by atoms with Crippen molar-refractivity contribution in [1.29, 1.82) is 0 Å². The maximum atomic E-state index is 12.9. The van der Waals surface area contributed by atoms with E-state index < -0.39 is 0 Å². The quantitative estimate of drug-likeness (QED) is 0.286. The number of nitrogens with one attached hydrogen (secondary N) is 1. The Bertz CT molecular complexity index is 1420. The summed E-state index contributed by atoms with van der Waals surface area (Å²) in [6, 6.07) is 21.3.